The fraction of sp³-hybridized carbons (Fsp3) is 0.462. The van der Waals surface area contributed by atoms with Gasteiger partial charge in [-0.2, -0.15) is 0 Å². The van der Waals surface area contributed by atoms with Crippen LogP contribution in [0.25, 0.3) is 0 Å². The van der Waals surface area contributed by atoms with E-state index >= 15 is 0 Å². The van der Waals surface area contributed by atoms with Crippen LogP contribution in [-0.4, -0.2) is 18.5 Å². The molecule has 2 nitrogen and oxygen atoms in total. The second-order valence-electron chi connectivity index (χ2n) is 4.06. The smallest absolute Gasteiger partial charge is 0.162 e. The Labute approximate surface area is 91.3 Å². The van der Waals surface area contributed by atoms with E-state index in [-0.39, 0.29) is 18.5 Å². The molecule has 1 rings (SSSR count). The van der Waals surface area contributed by atoms with Crippen molar-refractivity contribution in [2.75, 3.05) is 6.61 Å². The highest BCUT2D eigenvalue weighted by molar-refractivity contribution is 5.82. The van der Waals surface area contributed by atoms with Gasteiger partial charge in [-0.05, 0) is 26.3 Å². The number of hydrogen-bond donors (Lipinski definition) is 0. The van der Waals surface area contributed by atoms with Crippen LogP contribution in [0, 0.1) is 6.92 Å². The molecule has 2 heteroatoms. The molecule has 0 amide bonds. The first-order chi connectivity index (χ1) is 7.08. The molecule has 1 aromatic rings. The van der Waals surface area contributed by atoms with Crippen LogP contribution in [0.1, 0.15) is 25.0 Å². The lowest BCUT2D eigenvalue weighted by Gasteiger charge is -2.06. The highest BCUT2D eigenvalue weighted by Gasteiger charge is 2.05. The van der Waals surface area contributed by atoms with E-state index in [4.69, 9.17) is 4.74 Å². The Morgan fingerprint density at radius 1 is 1.40 bits per heavy atom. The van der Waals surface area contributed by atoms with Gasteiger partial charge in [-0.25, -0.2) is 0 Å². The molecule has 0 aromatic heterocycles. The molecule has 0 saturated heterocycles. The van der Waals surface area contributed by atoms with E-state index in [0.717, 1.165) is 5.56 Å². The minimum Gasteiger partial charge on any atom is -0.371 e. The van der Waals surface area contributed by atoms with Crippen LogP contribution in [-0.2, 0) is 16.0 Å². The van der Waals surface area contributed by atoms with Gasteiger partial charge in [0.05, 0.1) is 6.10 Å². The lowest BCUT2D eigenvalue weighted by atomic mass is 10.1. The van der Waals surface area contributed by atoms with Gasteiger partial charge in [-0.15, -0.1) is 0 Å². The number of rotatable bonds is 5. The summed E-state index contributed by atoms with van der Waals surface area (Å²) >= 11 is 0. The van der Waals surface area contributed by atoms with Crippen molar-refractivity contribution in [3.05, 3.63) is 35.4 Å². The van der Waals surface area contributed by atoms with Crippen LogP contribution in [0.3, 0.4) is 0 Å². The third kappa shape index (κ3) is 4.75. The average molecular weight is 206 g/mol. The van der Waals surface area contributed by atoms with E-state index in [9.17, 15) is 4.79 Å². The third-order valence-electron chi connectivity index (χ3n) is 2.06. The molecule has 0 unspecified atom stereocenters. The normalized spacial score (nSPS) is 10.7. The Morgan fingerprint density at radius 3 is 2.73 bits per heavy atom. The fourth-order valence-corrected chi connectivity index (χ4v) is 1.36. The zero-order valence-corrected chi connectivity index (χ0v) is 9.62. The van der Waals surface area contributed by atoms with Crippen LogP contribution in [0.15, 0.2) is 24.3 Å². The summed E-state index contributed by atoms with van der Waals surface area (Å²) in [5.74, 6) is 0.134. The first kappa shape index (κ1) is 11.9. The molecule has 0 aliphatic heterocycles. The molecule has 0 spiro atoms. The summed E-state index contributed by atoms with van der Waals surface area (Å²) in [6.07, 6.45) is 0.584. The van der Waals surface area contributed by atoms with E-state index in [1.54, 1.807) is 0 Å². The van der Waals surface area contributed by atoms with Gasteiger partial charge in [0.25, 0.3) is 0 Å². The van der Waals surface area contributed by atoms with Gasteiger partial charge < -0.3 is 4.74 Å². The van der Waals surface area contributed by atoms with Crippen molar-refractivity contribution in [3.8, 4) is 0 Å². The van der Waals surface area contributed by atoms with Gasteiger partial charge in [0.15, 0.2) is 5.78 Å². The molecular formula is C13H18O2. The van der Waals surface area contributed by atoms with Gasteiger partial charge in [-0.3, -0.25) is 4.79 Å². The predicted octanol–water partition coefficient (Wildman–Crippen LogP) is 2.53. The Kier molecular flexibility index (Phi) is 4.50. The second kappa shape index (κ2) is 5.66. The SMILES string of the molecule is Cc1cccc(CC(=O)COC(C)C)c1. The Bertz CT molecular complexity index is 329. The minimum absolute atomic E-state index is 0.117. The van der Waals surface area contributed by atoms with Crippen molar-refractivity contribution < 1.29 is 9.53 Å². The molecular weight excluding hydrogens is 188 g/mol. The van der Waals surface area contributed by atoms with Crippen molar-refractivity contribution >= 4 is 5.78 Å². The van der Waals surface area contributed by atoms with Crippen LogP contribution in [0.2, 0.25) is 0 Å². The Hall–Kier alpha value is -1.15. The summed E-state index contributed by atoms with van der Waals surface area (Å²) in [4.78, 5) is 11.5. The summed E-state index contributed by atoms with van der Waals surface area (Å²) in [6.45, 7) is 6.10. The van der Waals surface area contributed by atoms with E-state index < -0.39 is 0 Å². The first-order valence-corrected chi connectivity index (χ1v) is 5.27. The number of benzene rings is 1. The zero-order valence-electron chi connectivity index (χ0n) is 9.62. The molecule has 0 radical (unpaired) electrons. The molecule has 0 aliphatic rings. The highest BCUT2D eigenvalue weighted by atomic mass is 16.5. The second-order valence-corrected chi connectivity index (χ2v) is 4.06. The molecule has 0 atom stereocenters. The predicted molar refractivity (Wildman–Crippen MR) is 61.0 cm³/mol. The maximum Gasteiger partial charge on any atom is 0.162 e. The number of carbonyl (C=O) groups is 1. The molecule has 82 valence electrons. The van der Waals surface area contributed by atoms with Crippen molar-refractivity contribution in [2.45, 2.75) is 33.3 Å². The molecule has 0 bridgehead atoms. The number of ketones is 1. The number of hydrogen-bond acceptors (Lipinski definition) is 2. The van der Waals surface area contributed by atoms with Crippen molar-refractivity contribution in [3.63, 3.8) is 0 Å². The van der Waals surface area contributed by atoms with Crippen LogP contribution in [0.4, 0.5) is 0 Å². The molecule has 15 heavy (non-hydrogen) atoms. The first-order valence-electron chi connectivity index (χ1n) is 5.27. The van der Waals surface area contributed by atoms with Crippen LogP contribution < -0.4 is 0 Å². The fourth-order valence-electron chi connectivity index (χ4n) is 1.36. The maximum absolute atomic E-state index is 11.5. The number of aryl methyl sites for hydroxylation is 1. The summed E-state index contributed by atoms with van der Waals surface area (Å²) in [6, 6.07) is 8.01. The van der Waals surface area contributed by atoms with E-state index in [1.807, 2.05) is 45.0 Å². The quantitative estimate of drug-likeness (QED) is 0.740. The summed E-state index contributed by atoms with van der Waals surface area (Å²) in [5.41, 5.74) is 2.25. The van der Waals surface area contributed by atoms with E-state index in [0.29, 0.717) is 6.42 Å². The van der Waals surface area contributed by atoms with E-state index in [1.165, 1.54) is 5.56 Å². The van der Waals surface area contributed by atoms with Gasteiger partial charge in [0.1, 0.15) is 6.61 Å². The van der Waals surface area contributed by atoms with Gasteiger partial charge in [0, 0.05) is 6.42 Å². The summed E-state index contributed by atoms with van der Waals surface area (Å²) in [7, 11) is 0. The Balaban J connectivity index is 2.44. The third-order valence-corrected chi connectivity index (χ3v) is 2.06. The molecule has 0 fully saturated rings. The number of Topliss-reactive ketones (excluding diaryl/α,β-unsaturated/α-hetero) is 1. The lowest BCUT2D eigenvalue weighted by Crippen LogP contribution is -2.15. The maximum atomic E-state index is 11.5. The topological polar surface area (TPSA) is 26.3 Å². The minimum atomic E-state index is 0.117. The average Bonchev–Trinajstić information content (AvgIpc) is 2.15. The highest BCUT2D eigenvalue weighted by Crippen LogP contribution is 2.05. The summed E-state index contributed by atoms with van der Waals surface area (Å²) in [5, 5.41) is 0. The number of carbonyl (C=O) groups excluding carboxylic acids is 1. The lowest BCUT2D eigenvalue weighted by molar-refractivity contribution is -0.124. The van der Waals surface area contributed by atoms with Gasteiger partial charge in [0.2, 0.25) is 0 Å². The van der Waals surface area contributed by atoms with E-state index in [2.05, 4.69) is 0 Å². The number of ether oxygens (including phenoxy) is 1. The Morgan fingerprint density at radius 2 is 2.13 bits per heavy atom. The molecule has 0 heterocycles. The molecule has 0 aliphatic carbocycles. The van der Waals surface area contributed by atoms with Crippen LogP contribution in [0.5, 0.6) is 0 Å². The monoisotopic (exact) mass is 206 g/mol. The van der Waals surface area contributed by atoms with Gasteiger partial charge >= 0.3 is 0 Å². The molecule has 0 saturated carbocycles. The standard InChI is InChI=1S/C13H18O2/c1-10(2)15-9-13(14)8-12-6-4-5-11(3)7-12/h4-7,10H,8-9H2,1-3H3. The molecule has 0 N–H and O–H groups in total. The van der Waals surface area contributed by atoms with Crippen molar-refractivity contribution in [1.82, 2.24) is 0 Å². The van der Waals surface area contributed by atoms with Crippen molar-refractivity contribution in [1.29, 1.82) is 0 Å². The van der Waals surface area contributed by atoms with Crippen LogP contribution >= 0.6 is 0 Å². The molecule has 1 aromatic carbocycles. The van der Waals surface area contributed by atoms with Crippen molar-refractivity contribution in [2.24, 2.45) is 0 Å². The largest absolute Gasteiger partial charge is 0.371 e. The summed E-state index contributed by atoms with van der Waals surface area (Å²) < 4.78 is 5.26. The van der Waals surface area contributed by atoms with Gasteiger partial charge in [-0.1, -0.05) is 29.8 Å². The zero-order chi connectivity index (χ0) is 11.3.